The van der Waals surface area contributed by atoms with E-state index in [4.69, 9.17) is 5.11 Å². The fraction of sp³-hybridized carbons (Fsp3) is 0.692. The van der Waals surface area contributed by atoms with Gasteiger partial charge in [0.1, 0.15) is 6.61 Å². The Hall–Kier alpha value is -0.940. The van der Waals surface area contributed by atoms with Gasteiger partial charge in [-0.05, 0) is 12.8 Å². The van der Waals surface area contributed by atoms with Gasteiger partial charge in [-0.3, -0.25) is 4.79 Å². The lowest BCUT2D eigenvalue weighted by atomic mass is 9.87. The van der Waals surface area contributed by atoms with Crippen molar-refractivity contribution in [3.63, 3.8) is 0 Å². The fourth-order valence-electron chi connectivity index (χ4n) is 2.39. The van der Waals surface area contributed by atoms with Crippen molar-refractivity contribution in [2.75, 3.05) is 13.2 Å². The van der Waals surface area contributed by atoms with Gasteiger partial charge in [0.2, 0.25) is 5.91 Å². The molecule has 0 aromatic carbocycles. The van der Waals surface area contributed by atoms with Crippen LogP contribution in [0, 0.1) is 0 Å². The highest BCUT2D eigenvalue weighted by Crippen LogP contribution is 2.32. The fourth-order valence-corrected chi connectivity index (χ4v) is 3.27. The van der Waals surface area contributed by atoms with Crippen LogP contribution in [0.2, 0.25) is 0 Å². The smallest absolute Gasteiger partial charge is 0.245 e. The van der Waals surface area contributed by atoms with E-state index >= 15 is 0 Å². The van der Waals surface area contributed by atoms with E-state index in [-0.39, 0.29) is 5.91 Å². The molecule has 1 aliphatic rings. The Morgan fingerprint density at radius 3 is 2.94 bits per heavy atom. The van der Waals surface area contributed by atoms with Gasteiger partial charge in [0.25, 0.3) is 0 Å². The molecule has 1 aromatic rings. The van der Waals surface area contributed by atoms with Gasteiger partial charge in [-0.25, -0.2) is 4.98 Å². The summed E-state index contributed by atoms with van der Waals surface area (Å²) in [6, 6.07) is 0. The minimum Gasteiger partial charge on any atom is -0.387 e. The summed E-state index contributed by atoms with van der Waals surface area (Å²) in [6.45, 7) is 0.113. The first-order valence-electron chi connectivity index (χ1n) is 6.61. The quantitative estimate of drug-likeness (QED) is 0.856. The van der Waals surface area contributed by atoms with Gasteiger partial charge in [-0.1, -0.05) is 19.3 Å². The molecule has 0 aliphatic heterocycles. The number of nitrogens with one attached hydrogen (secondary N) is 1. The van der Waals surface area contributed by atoms with Crippen LogP contribution in [0.15, 0.2) is 5.38 Å². The molecule has 0 atom stereocenters. The Morgan fingerprint density at radius 2 is 2.22 bits per heavy atom. The van der Waals surface area contributed by atoms with Gasteiger partial charge in [-0.15, -0.1) is 11.3 Å². The Balaban J connectivity index is 1.80. The first-order chi connectivity index (χ1) is 8.79. The molecular weight excluding hydrogens is 248 g/mol. The van der Waals surface area contributed by atoms with Crippen LogP contribution >= 0.6 is 11.3 Å². The number of thiazole rings is 1. The molecule has 0 radical (unpaired) electrons. The van der Waals surface area contributed by atoms with Crippen molar-refractivity contribution >= 4 is 17.2 Å². The van der Waals surface area contributed by atoms with Crippen LogP contribution in [0.1, 0.15) is 48.7 Å². The maximum Gasteiger partial charge on any atom is 0.245 e. The van der Waals surface area contributed by atoms with E-state index in [1.807, 2.05) is 0 Å². The number of aliphatic hydroxyl groups excluding tert-OH is 1. The maximum absolute atomic E-state index is 10.9. The van der Waals surface area contributed by atoms with Gasteiger partial charge in [0.15, 0.2) is 0 Å². The third-order valence-electron chi connectivity index (χ3n) is 3.40. The van der Waals surface area contributed by atoms with Crippen molar-refractivity contribution in [2.24, 2.45) is 0 Å². The predicted molar refractivity (Wildman–Crippen MR) is 71.7 cm³/mol. The van der Waals surface area contributed by atoms with E-state index in [1.165, 1.54) is 37.8 Å². The molecule has 2 rings (SSSR count). The Morgan fingerprint density at radius 1 is 1.44 bits per heavy atom. The van der Waals surface area contributed by atoms with E-state index in [1.54, 1.807) is 11.3 Å². The first-order valence-corrected chi connectivity index (χ1v) is 7.49. The average Bonchev–Trinajstić information content (AvgIpc) is 2.88. The molecule has 1 heterocycles. The molecule has 1 amide bonds. The molecule has 1 fully saturated rings. The topological polar surface area (TPSA) is 62.2 Å². The van der Waals surface area contributed by atoms with E-state index in [2.05, 4.69) is 15.7 Å². The first kappa shape index (κ1) is 13.5. The number of aromatic nitrogens is 1. The van der Waals surface area contributed by atoms with Crippen LogP contribution in [0.3, 0.4) is 0 Å². The molecule has 4 nitrogen and oxygen atoms in total. The molecule has 18 heavy (non-hydrogen) atoms. The highest BCUT2D eigenvalue weighted by molar-refractivity contribution is 7.09. The molecule has 1 aliphatic carbocycles. The van der Waals surface area contributed by atoms with Crippen molar-refractivity contribution in [3.8, 4) is 0 Å². The van der Waals surface area contributed by atoms with Crippen molar-refractivity contribution in [1.82, 2.24) is 10.3 Å². The number of hydrogen-bond acceptors (Lipinski definition) is 4. The molecular formula is C13H20N2O2S. The summed E-state index contributed by atoms with van der Waals surface area (Å²) >= 11 is 1.68. The normalized spacial score (nSPS) is 16.7. The Labute approximate surface area is 111 Å². The van der Waals surface area contributed by atoms with E-state index in [9.17, 15) is 4.79 Å². The lowest BCUT2D eigenvalue weighted by molar-refractivity contribution is -0.123. The molecule has 0 unspecified atom stereocenters. The predicted octanol–water partition coefficient (Wildman–Crippen LogP) is 1.84. The van der Waals surface area contributed by atoms with Crippen LogP contribution in [0.4, 0.5) is 0 Å². The van der Waals surface area contributed by atoms with Crippen LogP contribution < -0.4 is 5.32 Å². The monoisotopic (exact) mass is 268 g/mol. The summed E-state index contributed by atoms with van der Waals surface area (Å²) in [5, 5.41) is 14.5. The summed E-state index contributed by atoms with van der Waals surface area (Å²) < 4.78 is 0. The minimum absolute atomic E-state index is 0.320. The summed E-state index contributed by atoms with van der Waals surface area (Å²) in [7, 11) is 0. The van der Waals surface area contributed by atoms with Crippen LogP contribution in [-0.2, 0) is 11.2 Å². The lowest BCUT2D eigenvalue weighted by Crippen LogP contribution is -2.28. The largest absolute Gasteiger partial charge is 0.387 e. The standard InChI is InChI=1S/C13H20N2O2S/c16-8-12(17)14-7-6-13-15-11(9-18-13)10-4-2-1-3-5-10/h9-10,16H,1-8H2,(H,14,17). The zero-order chi connectivity index (χ0) is 12.8. The van der Waals surface area contributed by atoms with Crippen LogP contribution in [0.25, 0.3) is 0 Å². The maximum atomic E-state index is 10.9. The molecule has 0 spiro atoms. The van der Waals surface area contributed by atoms with Crippen molar-refractivity contribution in [2.45, 2.75) is 44.4 Å². The third-order valence-corrected chi connectivity index (χ3v) is 4.32. The zero-order valence-electron chi connectivity index (χ0n) is 10.5. The van der Waals surface area contributed by atoms with Gasteiger partial charge >= 0.3 is 0 Å². The summed E-state index contributed by atoms with van der Waals surface area (Å²) in [6.07, 6.45) is 7.30. The number of carbonyl (C=O) groups excluding carboxylic acids is 1. The summed E-state index contributed by atoms with van der Waals surface area (Å²) in [5.41, 5.74) is 1.24. The van der Waals surface area contributed by atoms with Gasteiger partial charge in [0, 0.05) is 24.3 Å². The lowest BCUT2D eigenvalue weighted by Gasteiger charge is -2.19. The summed E-state index contributed by atoms with van der Waals surface area (Å²) in [5.74, 6) is 0.329. The Kier molecular flexibility index (Phi) is 5.13. The number of aliphatic hydroxyl groups is 1. The third kappa shape index (κ3) is 3.78. The van der Waals surface area contributed by atoms with Crippen molar-refractivity contribution in [3.05, 3.63) is 16.1 Å². The second-order valence-corrected chi connectivity index (χ2v) is 5.70. The highest BCUT2D eigenvalue weighted by Gasteiger charge is 2.18. The van der Waals surface area contributed by atoms with Gasteiger partial charge in [-0.2, -0.15) is 0 Å². The Bertz CT molecular complexity index is 386. The molecule has 2 N–H and O–H groups in total. The van der Waals surface area contributed by atoms with Crippen molar-refractivity contribution < 1.29 is 9.90 Å². The number of rotatable bonds is 5. The van der Waals surface area contributed by atoms with E-state index in [0.29, 0.717) is 12.5 Å². The SMILES string of the molecule is O=C(CO)NCCc1nc(C2CCCCC2)cs1. The molecule has 1 aromatic heterocycles. The number of amides is 1. The molecule has 100 valence electrons. The molecule has 0 bridgehead atoms. The number of nitrogens with zero attached hydrogens (tertiary/aromatic N) is 1. The van der Waals surface area contributed by atoms with Crippen molar-refractivity contribution in [1.29, 1.82) is 0 Å². The van der Waals surface area contributed by atoms with Gasteiger partial charge in [0.05, 0.1) is 10.7 Å². The number of carbonyl (C=O) groups is 1. The molecule has 0 saturated heterocycles. The number of hydrogen-bond donors (Lipinski definition) is 2. The molecule has 1 saturated carbocycles. The second-order valence-electron chi connectivity index (χ2n) is 4.76. The second kappa shape index (κ2) is 6.85. The van der Waals surface area contributed by atoms with Gasteiger partial charge < -0.3 is 10.4 Å². The van der Waals surface area contributed by atoms with E-state index in [0.717, 1.165) is 11.4 Å². The average molecular weight is 268 g/mol. The summed E-state index contributed by atoms with van der Waals surface area (Å²) in [4.78, 5) is 15.5. The zero-order valence-corrected chi connectivity index (χ0v) is 11.3. The minimum atomic E-state index is -0.439. The van der Waals surface area contributed by atoms with Crippen LogP contribution in [0.5, 0.6) is 0 Å². The highest BCUT2D eigenvalue weighted by atomic mass is 32.1. The molecule has 5 heteroatoms. The van der Waals surface area contributed by atoms with E-state index < -0.39 is 6.61 Å². The van der Waals surface area contributed by atoms with Crippen LogP contribution in [-0.4, -0.2) is 29.1 Å².